The number of hydrogen-bond acceptors (Lipinski definition) is 4. The fourth-order valence-corrected chi connectivity index (χ4v) is 2.03. The van der Waals surface area contributed by atoms with Crippen molar-refractivity contribution in [3.05, 3.63) is 53.1 Å². The van der Waals surface area contributed by atoms with Crippen molar-refractivity contribution in [3.8, 4) is 17.2 Å². The van der Waals surface area contributed by atoms with Crippen LogP contribution in [0.1, 0.15) is 21.5 Å². The molecule has 0 aliphatic carbocycles. The molecule has 0 fully saturated rings. The third-order valence-corrected chi connectivity index (χ3v) is 3.20. The summed E-state index contributed by atoms with van der Waals surface area (Å²) in [4.78, 5) is 12.4. The molecule has 2 aromatic carbocycles. The number of rotatable bonds is 4. The predicted molar refractivity (Wildman–Crippen MR) is 75.5 cm³/mol. The van der Waals surface area contributed by atoms with Crippen LogP contribution in [0.4, 0.5) is 0 Å². The number of Topliss-reactive ketones (excluding diaryl/α,β-unsaturated/α-hetero) is 1. The molecule has 0 radical (unpaired) electrons. The molecule has 0 aliphatic rings. The van der Waals surface area contributed by atoms with Gasteiger partial charge in [0.25, 0.3) is 0 Å². The van der Waals surface area contributed by atoms with Crippen molar-refractivity contribution >= 4 is 5.78 Å². The van der Waals surface area contributed by atoms with Gasteiger partial charge in [-0.15, -0.1) is 0 Å². The van der Waals surface area contributed by atoms with Crippen molar-refractivity contribution in [2.75, 3.05) is 7.11 Å². The van der Waals surface area contributed by atoms with Gasteiger partial charge in [0.2, 0.25) is 0 Å². The molecule has 2 N–H and O–H groups in total. The Kier molecular flexibility index (Phi) is 3.94. The number of carbonyl (C=O) groups is 1. The predicted octanol–water partition coefficient (Wildman–Crippen LogP) is 2.84. The molecule has 0 saturated heterocycles. The topological polar surface area (TPSA) is 66.8 Å². The van der Waals surface area contributed by atoms with E-state index in [1.54, 1.807) is 6.92 Å². The van der Waals surface area contributed by atoms with E-state index in [0.29, 0.717) is 0 Å². The first-order chi connectivity index (χ1) is 9.54. The summed E-state index contributed by atoms with van der Waals surface area (Å²) in [5, 5.41) is 19.7. The van der Waals surface area contributed by atoms with Gasteiger partial charge in [-0.2, -0.15) is 0 Å². The number of ether oxygens (including phenoxy) is 1. The van der Waals surface area contributed by atoms with Gasteiger partial charge in [-0.3, -0.25) is 4.79 Å². The third kappa shape index (κ3) is 2.59. The van der Waals surface area contributed by atoms with E-state index >= 15 is 0 Å². The molecule has 0 atom stereocenters. The molecule has 0 unspecified atom stereocenters. The fourth-order valence-electron chi connectivity index (χ4n) is 2.03. The van der Waals surface area contributed by atoms with E-state index in [4.69, 9.17) is 4.74 Å². The minimum absolute atomic E-state index is 0.101. The fraction of sp³-hybridized carbons (Fsp3) is 0.188. The molecule has 2 rings (SSSR count). The van der Waals surface area contributed by atoms with Gasteiger partial charge < -0.3 is 14.9 Å². The Morgan fingerprint density at radius 1 is 1.20 bits per heavy atom. The molecule has 104 valence electrons. The molecule has 2 aromatic rings. The van der Waals surface area contributed by atoms with Gasteiger partial charge in [-0.1, -0.05) is 30.3 Å². The maximum absolute atomic E-state index is 12.4. The molecular weight excluding hydrogens is 256 g/mol. The first kappa shape index (κ1) is 13.9. The van der Waals surface area contributed by atoms with Crippen LogP contribution in [0.25, 0.3) is 0 Å². The SMILES string of the molecule is COc1cc(O)c(C)c(O)c1C(=O)Cc1ccccc1. The van der Waals surface area contributed by atoms with Crippen molar-refractivity contribution < 1.29 is 19.7 Å². The summed E-state index contributed by atoms with van der Waals surface area (Å²) in [6.45, 7) is 1.55. The van der Waals surface area contributed by atoms with Crippen LogP contribution < -0.4 is 4.74 Å². The van der Waals surface area contributed by atoms with Crippen LogP contribution in [0.5, 0.6) is 17.2 Å². The zero-order chi connectivity index (χ0) is 14.7. The molecule has 0 spiro atoms. The van der Waals surface area contributed by atoms with Crippen LogP contribution in [0.2, 0.25) is 0 Å². The highest BCUT2D eigenvalue weighted by atomic mass is 16.5. The summed E-state index contributed by atoms with van der Waals surface area (Å²) < 4.78 is 5.08. The number of ketones is 1. The minimum atomic E-state index is -0.256. The molecule has 0 aromatic heterocycles. The zero-order valence-corrected chi connectivity index (χ0v) is 11.4. The van der Waals surface area contributed by atoms with Gasteiger partial charge in [0.15, 0.2) is 5.78 Å². The summed E-state index contributed by atoms with van der Waals surface area (Å²) in [5.74, 6) is -0.418. The van der Waals surface area contributed by atoms with Crippen molar-refractivity contribution in [3.63, 3.8) is 0 Å². The third-order valence-electron chi connectivity index (χ3n) is 3.20. The highest BCUT2D eigenvalue weighted by molar-refractivity contribution is 6.03. The van der Waals surface area contributed by atoms with E-state index in [1.165, 1.54) is 13.2 Å². The second-order valence-corrected chi connectivity index (χ2v) is 4.53. The number of carbonyl (C=O) groups excluding carboxylic acids is 1. The Labute approximate surface area is 117 Å². The Hall–Kier alpha value is -2.49. The monoisotopic (exact) mass is 272 g/mol. The van der Waals surface area contributed by atoms with Gasteiger partial charge >= 0.3 is 0 Å². The molecule has 0 bridgehead atoms. The summed E-state index contributed by atoms with van der Waals surface area (Å²) in [6, 6.07) is 10.6. The van der Waals surface area contributed by atoms with Crippen LogP contribution in [0.15, 0.2) is 36.4 Å². The molecule has 0 saturated carbocycles. The number of phenolic OH excluding ortho intramolecular Hbond substituents is 2. The highest BCUT2D eigenvalue weighted by Gasteiger charge is 2.21. The van der Waals surface area contributed by atoms with Gasteiger partial charge in [-0.25, -0.2) is 0 Å². The van der Waals surface area contributed by atoms with Crippen molar-refractivity contribution in [2.45, 2.75) is 13.3 Å². The van der Waals surface area contributed by atoms with Crippen LogP contribution in [-0.4, -0.2) is 23.1 Å². The summed E-state index contributed by atoms with van der Waals surface area (Å²) in [7, 11) is 1.39. The van der Waals surface area contributed by atoms with Gasteiger partial charge in [-0.05, 0) is 12.5 Å². The first-order valence-corrected chi connectivity index (χ1v) is 6.21. The number of hydrogen-bond donors (Lipinski definition) is 2. The highest BCUT2D eigenvalue weighted by Crippen LogP contribution is 2.37. The second-order valence-electron chi connectivity index (χ2n) is 4.53. The number of phenols is 2. The average molecular weight is 272 g/mol. The average Bonchev–Trinajstić information content (AvgIpc) is 2.45. The lowest BCUT2D eigenvalue weighted by molar-refractivity contribution is 0.0987. The summed E-state index contributed by atoms with van der Waals surface area (Å²) in [6.07, 6.45) is 0.162. The van der Waals surface area contributed by atoms with E-state index in [2.05, 4.69) is 0 Å². The van der Waals surface area contributed by atoms with Gasteiger partial charge in [0, 0.05) is 18.1 Å². The summed E-state index contributed by atoms with van der Waals surface area (Å²) in [5.41, 5.74) is 1.22. The Bertz CT molecular complexity index is 633. The molecule has 0 aliphatic heterocycles. The van der Waals surface area contributed by atoms with Gasteiger partial charge in [0.1, 0.15) is 22.8 Å². The lowest BCUT2D eigenvalue weighted by Gasteiger charge is -2.13. The second kappa shape index (κ2) is 5.65. The van der Waals surface area contributed by atoms with E-state index in [9.17, 15) is 15.0 Å². The van der Waals surface area contributed by atoms with Crippen molar-refractivity contribution in [1.29, 1.82) is 0 Å². The quantitative estimate of drug-likeness (QED) is 0.840. The van der Waals surface area contributed by atoms with Crippen molar-refractivity contribution in [2.24, 2.45) is 0 Å². The van der Waals surface area contributed by atoms with E-state index < -0.39 is 0 Å². The largest absolute Gasteiger partial charge is 0.507 e. The standard InChI is InChI=1S/C16H16O4/c1-10-12(17)9-14(20-2)15(16(10)19)13(18)8-11-6-4-3-5-7-11/h3-7,9,17,19H,8H2,1-2H3. The molecule has 20 heavy (non-hydrogen) atoms. The Balaban J connectivity index is 2.41. The minimum Gasteiger partial charge on any atom is -0.507 e. The molecular formula is C16H16O4. The summed E-state index contributed by atoms with van der Waals surface area (Å²) >= 11 is 0. The van der Waals surface area contributed by atoms with Crippen LogP contribution in [0, 0.1) is 6.92 Å². The smallest absolute Gasteiger partial charge is 0.174 e. The van der Waals surface area contributed by atoms with E-state index in [1.807, 2.05) is 30.3 Å². The van der Waals surface area contributed by atoms with Crippen LogP contribution >= 0.6 is 0 Å². The maximum Gasteiger partial charge on any atom is 0.174 e. The van der Waals surface area contributed by atoms with Crippen molar-refractivity contribution in [1.82, 2.24) is 0 Å². The number of benzene rings is 2. The molecule has 0 heterocycles. The normalized spacial score (nSPS) is 10.3. The van der Waals surface area contributed by atoms with E-state index in [-0.39, 0.29) is 40.6 Å². The Morgan fingerprint density at radius 2 is 1.85 bits per heavy atom. The zero-order valence-electron chi connectivity index (χ0n) is 11.4. The number of methoxy groups -OCH3 is 1. The lowest BCUT2D eigenvalue weighted by Crippen LogP contribution is -2.07. The molecule has 0 amide bonds. The van der Waals surface area contributed by atoms with E-state index in [0.717, 1.165) is 5.56 Å². The molecule has 4 nitrogen and oxygen atoms in total. The Morgan fingerprint density at radius 3 is 2.45 bits per heavy atom. The first-order valence-electron chi connectivity index (χ1n) is 6.21. The van der Waals surface area contributed by atoms with Crippen LogP contribution in [-0.2, 0) is 6.42 Å². The number of aromatic hydroxyl groups is 2. The van der Waals surface area contributed by atoms with Gasteiger partial charge in [0.05, 0.1) is 7.11 Å². The molecule has 4 heteroatoms. The lowest BCUT2D eigenvalue weighted by atomic mass is 9.98. The van der Waals surface area contributed by atoms with Crippen LogP contribution in [0.3, 0.4) is 0 Å². The maximum atomic E-state index is 12.4.